The molecule has 40 heavy (non-hydrogen) atoms. The van der Waals surface area contributed by atoms with E-state index in [9.17, 15) is 22.4 Å². The Bertz CT molecular complexity index is 1420. The van der Waals surface area contributed by atoms with Crippen LogP contribution in [-0.4, -0.2) is 44.3 Å². The molecule has 1 atom stereocenters. The molecule has 3 rings (SSSR count). The number of rotatable bonds is 13. The average Bonchev–Trinajstić information content (AvgIpc) is 2.93. The number of hydrogen-bond donors (Lipinski definition) is 1. The third-order valence-corrected chi connectivity index (χ3v) is 8.66. The van der Waals surface area contributed by atoms with Crippen LogP contribution < -0.4 is 9.62 Å². The molecule has 2 amide bonds. The van der Waals surface area contributed by atoms with Crippen molar-refractivity contribution in [3.05, 3.63) is 94.2 Å². The third kappa shape index (κ3) is 7.74. The van der Waals surface area contributed by atoms with Gasteiger partial charge in [0.05, 0.1) is 10.6 Å². The van der Waals surface area contributed by atoms with Gasteiger partial charge in [-0.2, -0.15) is 0 Å². The molecule has 0 aromatic heterocycles. The molecule has 0 radical (unpaired) electrons. The van der Waals surface area contributed by atoms with Gasteiger partial charge in [0, 0.05) is 23.1 Å². The van der Waals surface area contributed by atoms with Crippen molar-refractivity contribution in [2.45, 2.75) is 50.6 Å². The zero-order chi connectivity index (χ0) is 29.3. The van der Waals surface area contributed by atoms with Gasteiger partial charge < -0.3 is 10.2 Å². The molecule has 214 valence electrons. The van der Waals surface area contributed by atoms with E-state index in [-0.39, 0.29) is 34.5 Å². The van der Waals surface area contributed by atoms with Crippen molar-refractivity contribution in [3.8, 4) is 0 Å². The van der Waals surface area contributed by atoms with Gasteiger partial charge in [-0.15, -0.1) is 0 Å². The molecule has 3 aromatic carbocycles. The van der Waals surface area contributed by atoms with Crippen LogP contribution in [0, 0.1) is 5.82 Å². The number of benzene rings is 3. The number of hydrogen-bond acceptors (Lipinski definition) is 4. The summed E-state index contributed by atoms with van der Waals surface area (Å²) in [6.07, 6.45) is 1.88. The van der Waals surface area contributed by atoms with Gasteiger partial charge in [0.1, 0.15) is 18.4 Å². The van der Waals surface area contributed by atoms with E-state index in [0.717, 1.165) is 23.2 Å². The predicted octanol–water partition coefficient (Wildman–Crippen LogP) is 6.05. The second-order valence-electron chi connectivity index (χ2n) is 9.10. The number of nitrogens with one attached hydrogen (secondary N) is 1. The summed E-state index contributed by atoms with van der Waals surface area (Å²) in [4.78, 5) is 28.4. The van der Waals surface area contributed by atoms with E-state index in [1.165, 1.54) is 53.4 Å². The summed E-state index contributed by atoms with van der Waals surface area (Å²) in [6.45, 7) is 3.34. The summed E-state index contributed by atoms with van der Waals surface area (Å²) < 4.78 is 43.1. The Morgan fingerprint density at radius 2 is 1.65 bits per heavy atom. The normalized spacial score (nSPS) is 12.0. The zero-order valence-corrected chi connectivity index (χ0v) is 24.6. The number of sulfonamides is 1. The summed E-state index contributed by atoms with van der Waals surface area (Å²) in [5, 5.41) is 3.54. The van der Waals surface area contributed by atoms with Gasteiger partial charge in [0.15, 0.2) is 0 Å². The van der Waals surface area contributed by atoms with Crippen molar-refractivity contribution in [1.29, 1.82) is 0 Å². The number of carbonyl (C=O) groups is 2. The first-order valence-electron chi connectivity index (χ1n) is 12.9. The van der Waals surface area contributed by atoms with Gasteiger partial charge in [-0.05, 0) is 54.8 Å². The molecule has 0 aliphatic rings. The monoisotopic (exact) mass is 607 g/mol. The van der Waals surface area contributed by atoms with Crippen molar-refractivity contribution in [2.24, 2.45) is 0 Å². The van der Waals surface area contributed by atoms with Crippen molar-refractivity contribution >= 4 is 50.7 Å². The fraction of sp³-hybridized carbons (Fsp3) is 0.310. The quantitative estimate of drug-likeness (QED) is 0.240. The molecule has 0 spiro atoms. The van der Waals surface area contributed by atoms with E-state index >= 15 is 0 Å². The maximum Gasteiger partial charge on any atom is 0.264 e. The smallest absolute Gasteiger partial charge is 0.264 e. The van der Waals surface area contributed by atoms with Crippen molar-refractivity contribution < 1.29 is 22.4 Å². The maximum absolute atomic E-state index is 15.0. The Morgan fingerprint density at radius 1 is 0.975 bits per heavy atom. The first-order valence-corrected chi connectivity index (χ1v) is 15.1. The Labute approximate surface area is 244 Å². The predicted molar refractivity (Wildman–Crippen MR) is 156 cm³/mol. The van der Waals surface area contributed by atoms with Gasteiger partial charge in [0.25, 0.3) is 10.0 Å². The van der Waals surface area contributed by atoms with E-state index in [4.69, 9.17) is 23.2 Å². The summed E-state index contributed by atoms with van der Waals surface area (Å²) in [5.41, 5.74) is 0.229. The molecule has 0 heterocycles. The van der Waals surface area contributed by atoms with Crippen LogP contribution in [0.3, 0.4) is 0 Å². The molecule has 3 aromatic rings. The Morgan fingerprint density at radius 3 is 2.27 bits per heavy atom. The van der Waals surface area contributed by atoms with Crippen LogP contribution >= 0.6 is 23.2 Å². The van der Waals surface area contributed by atoms with Gasteiger partial charge in [0.2, 0.25) is 11.8 Å². The van der Waals surface area contributed by atoms with Crippen LogP contribution in [0.5, 0.6) is 0 Å². The highest BCUT2D eigenvalue weighted by molar-refractivity contribution is 7.92. The first kappa shape index (κ1) is 31.4. The van der Waals surface area contributed by atoms with E-state index in [2.05, 4.69) is 5.32 Å². The zero-order valence-electron chi connectivity index (χ0n) is 22.3. The van der Waals surface area contributed by atoms with Gasteiger partial charge in [-0.3, -0.25) is 13.9 Å². The number of halogens is 3. The highest BCUT2D eigenvalue weighted by atomic mass is 35.5. The highest BCUT2D eigenvalue weighted by Gasteiger charge is 2.34. The van der Waals surface area contributed by atoms with Gasteiger partial charge >= 0.3 is 0 Å². The number of para-hydroxylation sites is 1. The second kappa shape index (κ2) is 14.5. The lowest BCUT2D eigenvalue weighted by molar-refractivity contribution is -0.140. The minimum absolute atomic E-state index is 0.0922. The van der Waals surface area contributed by atoms with E-state index in [0.29, 0.717) is 17.1 Å². The van der Waals surface area contributed by atoms with Crippen LogP contribution in [0.25, 0.3) is 0 Å². The van der Waals surface area contributed by atoms with E-state index in [1.807, 2.05) is 6.92 Å². The molecule has 0 aliphatic carbocycles. The standard InChI is InChI=1S/C29H32Cl2FN3O4S/c1-3-5-17-33-29(37)26(4-2)34(19-21-15-16-22(30)18-24(21)31)28(36)20-35(27-14-10-9-13-25(27)32)40(38,39)23-11-7-6-8-12-23/h6-16,18,26H,3-5,17,19-20H2,1-2H3,(H,33,37). The molecule has 7 nitrogen and oxygen atoms in total. The van der Waals surface area contributed by atoms with Gasteiger partial charge in [-0.25, -0.2) is 12.8 Å². The highest BCUT2D eigenvalue weighted by Crippen LogP contribution is 2.28. The van der Waals surface area contributed by atoms with Crippen molar-refractivity contribution in [2.75, 3.05) is 17.4 Å². The number of unbranched alkanes of at least 4 members (excludes halogenated alkanes) is 1. The molecule has 0 bridgehead atoms. The lowest BCUT2D eigenvalue weighted by atomic mass is 10.1. The molecule has 0 saturated carbocycles. The van der Waals surface area contributed by atoms with Crippen molar-refractivity contribution in [3.63, 3.8) is 0 Å². The Balaban J connectivity index is 2.06. The minimum Gasteiger partial charge on any atom is -0.354 e. The lowest BCUT2D eigenvalue weighted by Gasteiger charge is -2.33. The number of nitrogens with zero attached hydrogens (tertiary/aromatic N) is 2. The molecule has 0 saturated heterocycles. The molecular formula is C29H32Cl2FN3O4S. The van der Waals surface area contributed by atoms with Crippen LogP contribution in [0.1, 0.15) is 38.7 Å². The molecular weight excluding hydrogens is 576 g/mol. The van der Waals surface area contributed by atoms with Crippen molar-refractivity contribution in [1.82, 2.24) is 10.2 Å². The second-order valence-corrected chi connectivity index (χ2v) is 11.8. The lowest BCUT2D eigenvalue weighted by Crippen LogP contribution is -2.52. The topological polar surface area (TPSA) is 86.8 Å². The molecule has 11 heteroatoms. The molecule has 1 unspecified atom stereocenters. The number of anilines is 1. The number of amides is 2. The average molecular weight is 609 g/mol. The van der Waals surface area contributed by atoms with Crippen LogP contribution in [-0.2, 0) is 26.2 Å². The minimum atomic E-state index is -4.36. The third-order valence-electron chi connectivity index (χ3n) is 6.30. The largest absolute Gasteiger partial charge is 0.354 e. The summed E-state index contributed by atoms with van der Waals surface area (Å²) in [7, 11) is -4.36. The summed E-state index contributed by atoms with van der Waals surface area (Å²) in [6, 6.07) is 16.6. The fourth-order valence-electron chi connectivity index (χ4n) is 4.15. The molecule has 0 aliphatic heterocycles. The summed E-state index contributed by atoms with van der Waals surface area (Å²) >= 11 is 12.5. The van der Waals surface area contributed by atoms with Gasteiger partial charge in [-0.1, -0.05) is 79.9 Å². The molecule has 0 fully saturated rings. The van der Waals surface area contributed by atoms with Crippen LogP contribution in [0.2, 0.25) is 10.0 Å². The summed E-state index contributed by atoms with van der Waals surface area (Å²) in [5.74, 6) is -1.89. The number of carbonyl (C=O) groups excluding carboxylic acids is 2. The SMILES string of the molecule is CCCCNC(=O)C(CC)N(Cc1ccc(Cl)cc1Cl)C(=O)CN(c1ccccc1F)S(=O)(=O)c1ccccc1. The van der Waals surface area contributed by atoms with Crippen LogP contribution in [0.4, 0.5) is 10.1 Å². The maximum atomic E-state index is 15.0. The van der Waals surface area contributed by atoms with E-state index < -0.39 is 34.3 Å². The van der Waals surface area contributed by atoms with Crippen LogP contribution in [0.15, 0.2) is 77.7 Å². The Hall–Kier alpha value is -3.14. The van der Waals surface area contributed by atoms with E-state index in [1.54, 1.807) is 25.1 Å². The first-order chi connectivity index (χ1) is 19.1. The molecule has 1 N–H and O–H groups in total. The Kier molecular flexibility index (Phi) is 11.4. The fourth-order valence-corrected chi connectivity index (χ4v) is 6.06.